The van der Waals surface area contributed by atoms with Gasteiger partial charge in [-0.15, -0.1) is 0 Å². The van der Waals surface area contributed by atoms with Crippen LogP contribution in [-0.2, 0) is 6.18 Å². The van der Waals surface area contributed by atoms with E-state index >= 15 is 0 Å². The van der Waals surface area contributed by atoms with Crippen molar-refractivity contribution < 1.29 is 18.3 Å². The molecule has 0 radical (unpaired) electrons. The molecule has 19 heavy (non-hydrogen) atoms. The van der Waals surface area contributed by atoms with Gasteiger partial charge in [-0.2, -0.15) is 13.2 Å². The number of aromatic nitrogens is 2. The highest BCUT2D eigenvalue weighted by atomic mass is 19.4. The van der Waals surface area contributed by atoms with E-state index in [-0.39, 0.29) is 5.56 Å². The van der Waals surface area contributed by atoms with Crippen molar-refractivity contribution in [2.75, 3.05) is 0 Å². The minimum absolute atomic E-state index is 0.344. The number of halogens is 3. The summed E-state index contributed by atoms with van der Waals surface area (Å²) in [6, 6.07) is -0.593. The summed E-state index contributed by atoms with van der Waals surface area (Å²) < 4.78 is 39.2. The van der Waals surface area contributed by atoms with Gasteiger partial charge in [-0.25, -0.2) is 4.68 Å². The smallest absolute Gasteiger partial charge is 0.391 e. The monoisotopic (exact) mass is 278 g/mol. The zero-order chi connectivity index (χ0) is 14.2. The molecule has 1 saturated carbocycles. The average molecular weight is 278 g/mol. The van der Waals surface area contributed by atoms with E-state index in [1.165, 1.54) is 0 Å². The van der Waals surface area contributed by atoms with Gasteiger partial charge in [0.2, 0.25) is 0 Å². The van der Waals surface area contributed by atoms with Gasteiger partial charge in [0.15, 0.2) is 0 Å². The lowest BCUT2D eigenvalue weighted by Gasteiger charge is -2.21. The first-order valence-corrected chi connectivity index (χ1v) is 6.38. The molecule has 2 rings (SSSR count). The minimum atomic E-state index is -4.58. The zero-order valence-electron chi connectivity index (χ0n) is 10.6. The molecule has 0 aliphatic heterocycles. The second-order valence-electron chi connectivity index (χ2n) is 5.06. The third-order valence-electron chi connectivity index (χ3n) is 3.71. The van der Waals surface area contributed by atoms with Gasteiger partial charge in [-0.1, -0.05) is 19.3 Å². The number of H-pyrrole nitrogens is 1. The number of nitrogens with one attached hydrogen (secondary N) is 1. The first kappa shape index (κ1) is 14.2. The molecule has 1 aromatic heterocycles. The van der Waals surface area contributed by atoms with Crippen LogP contribution < -0.4 is 5.56 Å². The van der Waals surface area contributed by atoms with E-state index in [4.69, 9.17) is 0 Å². The second-order valence-corrected chi connectivity index (χ2v) is 5.06. The Kier molecular flexibility index (Phi) is 3.75. The van der Waals surface area contributed by atoms with E-state index in [0.29, 0.717) is 12.8 Å². The second kappa shape index (κ2) is 5.03. The summed E-state index contributed by atoms with van der Waals surface area (Å²) in [5, 5.41) is 12.1. The lowest BCUT2D eigenvalue weighted by atomic mass is 10.1. The zero-order valence-corrected chi connectivity index (χ0v) is 10.6. The molecule has 0 bridgehead atoms. The van der Waals surface area contributed by atoms with Gasteiger partial charge < -0.3 is 5.11 Å². The minimum Gasteiger partial charge on any atom is -0.391 e. The summed E-state index contributed by atoms with van der Waals surface area (Å²) in [5.74, 6) is 0. The van der Waals surface area contributed by atoms with Crippen molar-refractivity contribution in [3.05, 3.63) is 21.6 Å². The largest absolute Gasteiger partial charge is 0.433 e. The van der Waals surface area contributed by atoms with Crippen LogP contribution in [0.2, 0.25) is 0 Å². The number of alkyl halides is 3. The Morgan fingerprint density at radius 1 is 1.26 bits per heavy atom. The predicted octanol–water partition coefficient (Wildman–Crippen LogP) is 2.37. The van der Waals surface area contributed by atoms with Crippen LogP contribution in [0.25, 0.3) is 0 Å². The molecule has 2 atom stereocenters. The third-order valence-corrected chi connectivity index (χ3v) is 3.71. The van der Waals surface area contributed by atoms with Crippen LogP contribution in [0, 0.1) is 6.92 Å². The summed E-state index contributed by atoms with van der Waals surface area (Å²) in [4.78, 5) is 11.9. The van der Waals surface area contributed by atoms with E-state index in [1.807, 2.05) is 0 Å². The van der Waals surface area contributed by atoms with Crippen molar-refractivity contribution >= 4 is 0 Å². The van der Waals surface area contributed by atoms with Crippen molar-refractivity contribution in [1.29, 1.82) is 0 Å². The SMILES string of the molecule is Cc1c(C(F)(F)F)[nH]n(C2CCCCCC2O)c1=O. The maximum atomic E-state index is 12.7. The highest BCUT2D eigenvalue weighted by Crippen LogP contribution is 2.31. The fourth-order valence-electron chi connectivity index (χ4n) is 2.62. The van der Waals surface area contributed by atoms with E-state index in [1.54, 1.807) is 0 Å². The van der Waals surface area contributed by atoms with Gasteiger partial charge in [-0.3, -0.25) is 9.89 Å². The van der Waals surface area contributed by atoms with Crippen molar-refractivity contribution in [3.8, 4) is 0 Å². The molecule has 1 aromatic rings. The van der Waals surface area contributed by atoms with Gasteiger partial charge in [0.05, 0.1) is 12.1 Å². The normalized spacial score (nSPS) is 25.3. The van der Waals surface area contributed by atoms with E-state index in [0.717, 1.165) is 30.9 Å². The summed E-state index contributed by atoms with van der Waals surface area (Å²) in [6.45, 7) is 1.15. The number of aliphatic hydroxyl groups excluding tert-OH is 1. The Morgan fingerprint density at radius 3 is 2.47 bits per heavy atom. The molecule has 0 saturated heterocycles. The van der Waals surface area contributed by atoms with Crippen LogP contribution >= 0.6 is 0 Å². The molecule has 1 fully saturated rings. The molecule has 2 unspecified atom stereocenters. The molecule has 0 aromatic carbocycles. The first-order chi connectivity index (χ1) is 8.82. The predicted molar refractivity (Wildman–Crippen MR) is 62.9 cm³/mol. The highest BCUT2D eigenvalue weighted by Gasteiger charge is 2.38. The average Bonchev–Trinajstić information content (AvgIpc) is 2.50. The molecule has 108 valence electrons. The summed E-state index contributed by atoms with van der Waals surface area (Å²) in [6.07, 6.45) is -1.78. The van der Waals surface area contributed by atoms with Gasteiger partial charge >= 0.3 is 6.18 Å². The summed E-state index contributed by atoms with van der Waals surface area (Å²) in [5.41, 5.74) is -2.06. The van der Waals surface area contributed by atoms with Crippen LogP contribution in [-0.4, -0.2) is 21.0 Å². The number of rotatable bonds is 1. The number of aliphatic hydroxyl groups is 1. The number of hydrogen-bond donors (Lipinski definition) is 2. The highest BCUT2D eigenvalue weighted by molar-refractivity contribution is 5.18. The van der Waals surface area contributed by atoms with Crippen molar-refractivity contribution in [2.24, 2.45) is 0 Å². The molecule has 0 spiro atoms. The van der Waals surface area contributed by atoms with E-state index in [9.17, 15) is 23.1 Å². The maximum absolute atomic E-state index is 12.7. The van der Waals surface area contributed by atoms with Gasteiger partial charge in [-0.05, 0) is 19.8 Å². The first-order valence-electron chi connectivity index (χ1n) is 6.38. The molecular formula is C12H17F3N2O2. The van der Waals surface area contributed by atoms with Crippen molar-refractivity contribution in [3.63, 3.8) is 0 Å². The van der Waals surface area contributed by atoms with Gasteiger partial charge in [0.1, 0.15) is 5.69 Å². The van der Waals surface area contributed by atoms with Gasteiger partial charge in [0, 0.05) is 5.56 Å². The molecule has 4 nitrogen and oxygen atoms in total. The molecule has 7 heteroatoms. The summed E-state index contributed by atoms with van der Waals surface area (Å²) >= 11 is 0. The third kappa shape index (κ3) is 2.70. The van der Waals surface area contributed by atoms with Crippen LogP contribution in [0.15, 0.2) is 4.79 Å². The number of nitrogens with zero attached hydrogens (tertiary/aromatic N) is 1. The van der Waals surface area contributed by atoms with Crippen molar-refractivity contribution in [1.82, 2.24) is 9.78 Å². The fourth-order valence-corrected chi connectivity index (χ4v) is 2.62. The van der Waals surface area contributed by atoms with Crippen LogP contribution in [0.5, 0.6) is 0 Å². The quantitative estimate of drug-likeness (QED) is 0.775. The number of aromatic amines is 1. The van der Waals surface area contributed by atoms with E-state index < -0.39 is 29.6 Å². The molecule has 1 aliphatic rings. The topological polar surface area (TPSA) is 58.0 Å². The Labute approximate surface area is 108 Å². The van der Waals surface area contributed by atoms with Crippen LogP contribution in [0.4, 0.5) is 13.2 Å². The summed E-state index contributed by atoms with van der Waals surface area (Å²) in [7, 11) is 0. The fraction of sp³-hybridized carbons (Fsp3) is 0.750. The standard InChI is InChI=1S/C12H17F3N2O2/c1-7-10(12(13,14)15)16-17(11(7)19)8-5-3-2-4-6-9(8)18/h8-9,16,18H,2-6H2,1H3. The Balaban J connectivity index is 2.42. The molecule has 1 aliphatic carbocycles. The lowest BCUT2D eigenvalue weighted by Crippen LogP contribution is -2.31. The maximum Gasteiger partial charge on any atom is 0.433 e. The molecular weight excluding hydrogens is 261 g/mol. The number of hydrogen-bond acceptors (Lipinski definition) is 2. The lowest BCUT2D eigenvalue weighted by molar-refractivity contribution is -0.142. The van der Waals surface area contributed by atoms with Crippen LogP contribution in [0.1, 0.15) is 49.4 Å². The van der Waals surface area contributed by atoms with E-state index in [2.05, 4.69) is 5.10 Å². The molecule has 2 N–H and O–H groups in total. The van der Waals surface area contributed by atoms with Crippen molar-refractivity contribution in [2.45, 2.75) is 57.3 Å². The molecule has 0 amide bonds. The Bertz CT molecular complexity index is 504. The Hall–Kier alpha value is -1.24. The van der Waals surface area contributed by atoms with Gasteiger partial charge in [0.25, 0.3) is 5.56 Å². The Morgan fingerprint density at radius 2 is 1.89 bits per heavy atom. The van der Waals surface area contributed by atoms with Crippen LogP contribution in [0.3, 0.4) is 0 Å². The molecule has 1 heterocycles.